The van der Waals surface area contributed by atoms with E-state index in [2.05, 4.69) is 9.84 Å². The Morgan fingerprint density at radius 2 is 2.19 bits per heavy atom. The van der Waals surface area contributed by atoms with E-state index >= 15 is 0 Å². The highest BCUT2D eigenvalue weighted by Gasteiger charge is 2.21. The molecule has 10 nitrogen and oxygen atoms in total. The van der Waals surface area contributed by atoms with E-state index in [4.69, 9.17) is 5.11 Å². The lowest BCUT2D eigenvalue weighted by Gasteiger charge is -2.09. The Labute approximate surface area is 120 Å². The van der Waals surface area contributed by atoms with E-state index in [0.29, 0.717) is 0 Å². The minimum Gasteiger partial charge on any atom is -0.481 e. The first-order chi connectivity index (χ1) is 9.76. The Morgan fingerprint density at radius 1 is 1.52 bits per heavy atom. The van der Waals surface area contributed by atoms with Crippen molar-refractivity contribution in [2.24, 2.45) is 0 Å². The van der Waals surface area contributed by atoms with Gasteiger partial charge in [-0.15, -0.1) is 0 Å². The van der Waals surface area contributed by atoms with Gasteiger partial charge < -0.3 is 14.9 Å². The van der Waals surface area contributed by atoms with Crippen LogP contribution in [-0.2, 0) is 30.9 Å². The van der Waals surface area contributed by atoms with Gasteiger partial charge in [0.1, 0.15) is 4.90 Å². The van der Waals surface area contributed by atoms with E-state index in [1.54, 1.807) is 0 Å². The highest BCUT2D eigenvalue weighted by atomic mass is 32.2. The SMILES string of the molecule is COC(=O)C(O)CNS(=O)(=O)c1cnn(CCC(=O)O)c1. The van der Waals surface area contributed by atoms with Crippen LogP contribution >= 0.6 is 0 Å². The van der Waals surface area contributed by atoms with Crippen molar-refractivity contribution >= 4 is 22.0 Å². The predicted octanol–water partition coefficient (Wildman–Crippen LogP) is -1.83. The van der Waals surface area contributed by atoms with Crippen LogP contribution in [0, 0.1) is 0 Å². The number of nitrogens with zero attached hydrogens (tertiary/aromatic N) is 2. The number of carbonyl (C=O) groups is 2. The van der Waals surface area contributed by atoms with Gasteiger partial charge in [-0.25, -0.2) is 17.9 Å². The van der Waals surface area contributed by atoms with Crippen LogP contribution < -0.4 is 4.72 Å². The summed E-state index contributed by atoms with van der Waals surface area (Å²) >= 11 is 0. The van der Waals surface area contributed by atoms with Crippen LogP contribution in [0.5, 0.6) is 0 Å². The molecule has 1 atom stereocenters. The summed E-state index contributed by atoms with van der Waals surface area (Å²) in [6.07, 6.45) is 0.368. The molecule has 0 saturated heterocycles. The lowest BCUT2D eigenvalue weighted by molar-refractivity contribution is -0.149. The number of aliphatic carboxylic acids is 1. The van der Waals surface area contributed by atoms with E-state index in [-0.39, 0.29) is 17.9 Å². The Bertz CT molecular complexity index is 610. The molecular formula is C10H15N3O7S. The summed E-state index contributed by atoms with van der Waals surface area (Å²) in [5, 5.41) is 21.5. The van der Waals surface area contributed by atoms with Gasteiger partial charge in [-0.05, 0) is 0 Å². The fourth-order valence-corrected chi connectivity index (χ4v) is 2.30. The van der Waals surface area contributed by atoms with Gasteiger partial charge in [-0.1, -0.05) is 0 Å². The normalized spacial score (nSPS) is 12.9. The highest BCUT2D eigenvalue weighted by Crippen LogP contribution is 2.07. The molecule has 0 bridgehead atoms. The predicted molar refractivity (Wildman–Crippen MR) is 67.7 cm³/mol. The summed E-state index contributed by atoms with van der Waals surface area (Å²) in [4.78, 5) is 21.1. The number of carbonyl (C=O) groups excluding carboxylic acids is 1. The molecule has 0 amide bonds. The number of ether oxygens (including phenoxy) is 1. The zero-order valence-corrected chi connectivity index (χ0v) is 11.9. The van der Waals surface area contributed by atoms with Crippen LogP contribution in [0.2, 0.25) is 0 Å². The summed E-state index contributed by atoms with van der Waals surface area (Å²) in [7, 11) is -2.90. The van der Waals surface area contributed by atoms with Crippen LogP contribution in [-0.4, -0.2) is 60.1 Å². The first-order valence-corrected chi connectivity index (χ1v) is 7.24. The quantitative estimate of drug-likeness (QED) is 0.474. The third-order valence-electron chi connectivity index (χ3n) is 2.41. The van der Waals surface area contributed by atoms with E-state index < -0.39 is 34.6 Å². The van der Waals surface area contributed by atoms with Crippen molar-refractivity contribution in [3.8, 4) is 0 Å². The minimum absolute atomic E-state index is 0.0235. The van der Waals surface area contributed by atoms with Gasteiger partial charge in [0.25, 0.3) is 0 Å². The number of hydrogen-bond donors (Lipinski definition) is 3. The van der Waals surface area contributed by atoms with Crippen molar-refractivity contribution in [3.63, 3.8) is 0 Å². The molecule has 3 N–H and O–H groups in total. The van der Waals surface area contributed by atoms with Gasteiger partial charge in [-0.2, -0.15) is 5.10 Å². The third-order valence-corrected chi connectivity index (χ3v) is 3.79. The summed E-state index contributed by atoms with van der Waals surface area (Å²) in [6, 6.07) is 0. The number of aliphatic hydroxyl groups is 1. The number of rotatable bonds is 8. The molecule has 1 aromatic rings. The molecule has 0 aliphatic carbocycles. The fraction of sp³-hybridized carbons (Fsp3) is 0.500. The number of carboxylic acids is 1. The van der Waals surface area contributed by atoms with Crippen LogP contribution in [0.4, 0.5) is 0 Å². The molecule has 0 aliphatic rings. The molecule has 0 spiro atoms. The number of carboxylic acid groups (broad SMARTS) is 1. The highest BCUT2D eigenvalue weighted by molar-refractivity contribution is 7.89. The summed E-state index contributed by atoms with van der Waals surface area (Å²) in [5.74, 6) is -2.00. The Kier molecular flexibility index (Phi) is 5.81. The number of aliphatic hydroxyl groups excluding tert-OH is 1. The smallest absolute Gasteiger partial charge is 0.336 e. The first-order valence-electron chi connectivity index (χ1n) is 5.76. The molecule has 0 aromatic carbocycles. The topological polar surface area (TPSA) is 148 Å². The van der Waals surface area contributed by atoms with Crippen LogP contribution in [0.15, 0.2) is 17.3 Å². The second kappa shape index (κ2) is 7.15. The molecule has 1 aromatic heterocycles. The molecule has 11 heteroatoms. The minimum atomic E-state index is -3.96. The third kappa shape index (κ3) is 5.13. The van der Waals surface area contributed by atoms with Crippen LogP contribution in [0.3, 0.4) is 0 Å². The van der Waals surface area contributed by atoms with Crippen LogP contribution in [0.25, 0.3) is 0 Å². The van der Waals surface area contributed by atoms with Crippen molar-refractivity contribution in [1.29, 1.82) is 0 Å². The summed E-state index contributed by atoms with van der Waals surface area (Å²) in [6.45, 7) is -0.523. The van der Waals surface area contributed by atoms with E-state index in [9.17, 15) is 23.1 Å². The number of nitrogens with one attached hydrogen (secondary N) is 1. The zero-order valence-electron chi connectivity index (χ0n) is 11.1. The van der Waals surface area contributed by atoms with Crippen molar-refractivity contribution in [3.05, 3.63) is 12.4 Å². The maximum Gasteiger partial charge on any atom is 0.336 e. The largest absolute Gasteiger partial charge is 0.481 e. The monoisotopic (exact) mass is 321 g/mol. The molecule has 1 unspecified atom stereocenters. The molecule has 0 aliphatic heterocycles. The van der Waals surface area contributed by atoms with Gasteiger partial charge in [0.15, 0.2) is 6.10 Å². The van der Waals surface area contributed by atoms with E-state index in [0.717, 1.165) is 19.5 Å². The van der Waals surface area contributed by atoms with Crippen molar-refractivity contribution in [2.75, 3.05) is 13.7 Å². The number of esters is 1. The number of aryl methyl sites for hydroxylation is 1. The molecular weight excluding hydrogens is 306 g/mol. The molecule has 0 radical (unpaired) electrons. The van der Waals surface area contributed by atoms with Gasteiger partial charge in [-0.3, -0.25) is 9.48 Å². The van der Waals surface area contributed by atoms with Gasteiger partial charge >= 0.3 is 11.9 Å². The molecule has 0 saturated carbocycles. The second-order valence-electron chi connectivity index (χ2n) is 3.97. The average molecular weight is 321 g/mol. The molecule has 0 fully saturated rings. The average Bonchev–Trinajstić information content (AvgIpc) is 2.91. The Morgan fingerprint density at radius 3 is 2.76 bits per heavy atom. The molecule has 1 heterocycles. The number of hydrogen-bond acceptors (Lipinski definition) is 7. The van der Waals surface area contributed by atoms with E-state index in [1.807, 2.05) is 4.72 Å². The maximum absolute atomic E-state index is 11.9. The molecule has 21 heavy (non-hydrogen) atoms. The van der Waals surface area contributed by atoms with Crippen LogP contribution in [0.1, 0.15) is 6.42 Å². The zero-order chi connectivity index (χ0) is 16.0. The van der Waals surface area contributed by atoms with Gasteiger partial charge in [0, 0.05) is 12.7 Å². The Balaban J connectivity index is 2.66. The van der Waals surface area contributed by atoms with Gasteiger partial charge in [0.2, 0.25) is 10.0 Å². The maximum atomic E-state index is 11.9. The second-order valence-corrected chi connectivity index (χ2v) is 5.74. The molecule has 118 valence electrons. The van der Waals surface area contributed by atoms with Crippen molar-refractivity contribution in [1.82, 2.24) is 14.5 Å². The van der Waals surface area contributed by atoms with Crippen molar-refractivity contribution < 1.29 is 33.0 Å². The van der Waals surface area contributed by atoms with Crippen molar-refractivity contribution in [2.45, 2.75) is 24.0 Å². The molecule has 1 rings (SSSR count). The first kappa shape index (κ1) is 17.1. The lowest BCUT2D eigenvalue weighted by atomic mass is 10.4. The van der Waals surface area contributed by atoms with Gasteiger partial charge in [0.05, 0.1) is 26.3 Å². The summed E-state index contributed by atoms with van der Waals surface area (Å²) < 4.78 is 31.1. The number of aromatic nitrogens is 2. The van der Waals surface area contributed by atoms with E-state index in [1.165, 1.54) is 4.68 Å². The fourth-order valence-electron chi connectivity index (χ4n) is 1.31. The number of methoxy groups -OCH3 is 1. The lowest BCUT2D eigenvalue weighted by Crippen LogP contribution is -2.37. The standard InChI is InChI=1S/C10H15N3O7S/c1-20-10(17)8(14)5-12-21(18,19)7-4-11-13(6-7)3-2-9(15)16/h4,6,8,12,14H,2-3,5H2,1H3,(H,15,16). The Hall–Kier alpha value is -1.98. The number of sulfonamides is 1. The summed E-state index contributed by atoms with van der Waals surface area (Å²) in [5.41, 5.74) is 0.